The molecule has 0 spiro atoms. The second kappa shape index (κ2) is 6.96. The molecule has 5 aliphatic rings. The summed E-state index contributed by atoms with van der Waals surface area (Å²) >= 11 is 0. The van der Waals surface area contributed by atoms with E-state index in [9.17, 15) is 9.90 Å². The largest absolute Gasteiger partial charge is 0.396 e. The molecule has 0 aromatic rings. The predicted molar refractivity (Wildman–Crippen MR) is 131 cm³/mol. The highest BCUT2D eigenvalue weighted by Crippen LogP contribution is 2.74. The number of carbonyl (C=O) groups excluding carboxylic acids is 1. The number of fused-ring (bicyclic) bond motifs is 7. The van der Waals surface area contributed by atoms with E-state index >= 15 is 0 Å². The van der Waals surface area contributed by atoms with Gasteiger partial charge in [0.05, 0.1) is 0 Å². The van der Waals surface area contributed by atoms with E-state index in [1.54, 1.807) is 5.57 Å². The second-order valence-electron chi connectivity index (χ2n) is 14.4. The number of allylic oxidation sites excluding steroid dienone is 2. The molecule has 0 unspecified atom stereocenters. The number of ketones is 1. The molecule has 0 aliphatic heterocycles. The van der Waals surface area contributed by atoms with Gasteiger partial charge in [-0.3, -0.25) is 4.79 Å². The molecule has 0 aromatic carbocycles. The first kappa shape index (κ1) is 23.1. The Bertz CT molecular complexity index is 840. The summed E-state index contributed by atoms with van der Waals surface area (Å²) < 4.78 is 0. The molecular weight excluding hydrogens is 392 g/mol. The van der Waals surface area contributed by atoms with Crippen molar-refractivity contribution in [2.24, 2.45) is 56.7 Å². The Morgan fingerprint density at radius 3 is 2.25 bits per heavy atom. The van der Waals surface area contributed by atoms with Crippen LogP contribution < -0.4 is 0 Å². The summed E-state index contributed by atoms with van der Waals surface area (Å²) in [4.78, 5) is 12.9. The smallest absolute Gasteiger partial charge is 0.138 e. The Kier molecular flexibility index (Phi) is 5.03. The van der Waals surface area contributed by atoms with Gasteiger partial charge in [0.25, 0.3) is 0 Å². The van der Waals surface area contributed by atoms with Crippen LogP contribution in [0.4, 0.5) is 0 Å². The molecule has 0 aromatic heterocycles. The van der Waals surface area contributed by atoms with Gasteiger partial charge in [-0.2, -0.15) is 0 Å². The molecule has 4 saturated carbocycles. The van der Waals surface area contributed by atoms with Gasteiger partial charge < -0.3 is 5.11 Å². The lowest BCUT2D eigenvalue weighted by Crippen LogP contribution is -2.63. The number of hydrogen-bond donors (Lipinski definition) is 1. The van der Waals surface area contributed by atoms with Crippen molar-refractivity contribution in [2.45, 2.75) is 106 Å². The van der Waals surface area contributed by atoms with Gasteiger partial charge in [0.2, 0.25) is 0 Å². The Morgan fingerprint density at radius 2 is 1.56 bits per heavy atom. The van der Waals surface area contributed by atoms with E-state index in [4.69, 9.17) is 0 Å². The van der Waals surface area contributed by atoms with Crippen LogP contribution in [0.25, 0.3) is 0 Å². The summed E-state index contributed by atoms with van der Waals surface area (Å²) in [5.41, 5.74) is 2.40. The average Bonchev–Trinajstić information content (AvgIpc) is 2.73. The molecule has 2 heteroatoms. The van der Waals surface area contributed by atoms with Crippen LogP contribution in [-0.4, -0.2) is 17.5 Å². The summed E-state index contributed by atoms with van der Waals surface area (Å²) in [5.74, 6) is 3.71. The van der Waals surface area contributed by atoms with Crippen molar-refractivity contribution in [2.75, 3.05) is 6.61 Å². The molecule has 9 atom stereocenters. The van der Waals surface area contributed by atoms with Crippen LogP contribution in [0, 0.1) is 56.7 Å². The van der Waals surface area contributed by atoms with Gasteiger partial charge in [0, 0.05) is 23.9 Å². The fourth-order valence-electron chi connectivity index (χ4n) is 11.2. The maximum Gasteiger partial charge on any atom is 0.138 e. The van der Waals surface area contributed by atoms with Crippen molar-refractivity contribution in [1.82, 2.24) is 0 Å². The van der Waals surface area contributed by atoms with Gasteiger partial charge in [-0.15, -0.1) is 0 Å². The lowest BCUT2D eigenvalue weighted by atomic mass is 9.34. The third kappa shape index (κ3) is 2.65. The molecule has 4 fully saturated rings. The van der Waals surface area contributed by atoms with Crippen molar-refractivity contribution in [3.05, 3.63) is 11.6 Å². The first-order valence-electron chi connectivity index (χ1n) is 13.7. The molecule has 180 valence electrons. The van der Waals surface area contributed by atoms with Crippen LogP contribution >= 0.6 is 0 Å². The van der Waals surface area contributed by atoms with E-state index in [-0.39, 0.29) is 27.1 Å². The highest BCUT2D eigenvalue weighted by molar-refractivity contribution is 5.85. The fraction of sp³-hybridized carbons (Fsp3) is 0.900. The quantitative estimate of drug-likeness (QED) is 0.438. The standard InChI is InChI=1S/C30H48O2/c1-19-8-16-30(18-31)17-11-23-28(6)13-9-21-26(3,4)24(32)12-15-27(21,5)22(28)10-14-29(23,7)25(30)20(19)2/h11,19-22,25,31H,8-10,12-18H2,1-7H3/t19-,20+,21-,22-,25+,27+,28-,29-,30-/m1/s1. The van der Waals surface area contributed by atoms with Crippen molar-refractivity contribution in [3.63, 3.8) is 0 Å². The van der Waals surface area contributed by atoms with Gasteiger partial charge in [-0.05, 0) is 97.2 Å². The van der Waals surface area contributed by atoms with Crippen LogP contribution in [0.5, 0.6) is 0 Å². The predicted octanol–water partition coefficient (Wildman–Crippen LogP) is 7.21. The molecule has 0 heterocycles. The fourth-order valence-corrected chi connectivity index (χ4v) is 11.2. The van der Waals surface area contributed by atoms with E-state index in [1.807, 2.05) is 0 Å². The zero-order valence-electron chi connectivity index (χ0n) is 21.9. The number of rotatable bonds is 1. The summed E-state index contributed by atoms with van der Waals surface area (Å²) in [6, 6.07) is 0. The molecule has 1 N–H and O–H groups in total. The summed E-state index contributed by atoms with van der Waals surface area (Å²) in [7, 11) is 0. The number of aliphatic hydroxyl groups excluding tert-OH is 1. The molecule has 0 amide bonds. The van der Waals surface area contributed by atoms with E-state index in [2.05, 4.69) is 54.5 Å². The first-order valence-corrected chi connectivity index (χ1v) is 13.7. The molecule has 5 rings (SSSR count). The number of Topliss-reactive ketones (excluding diaryl/α,β-unsaturated/α-hetero) is 1. The molecule has 5 aliphatic carbocycles. The van der Waals surface area contributed by atoms with Crippen LogP contribution in [0.1, 0.15) is 106 Å². The molecule has 0 radical (unpaired) electrons. The maximum absolute atomic E-state index is 12.9. The van der Waals surface area contributed by atoms with Crippen LogP contribution in [0.2, 0.25) is 0 Å². The zero-order chi connectivity index (χ0) is 23.3. The average molecular weight is 441 g/mol. The van der Waals surface area contributed by atoms with Gasteiger partial charge in [0.15, 0.2) is 0 Å². The highest BCUT2D eigenvalue weighted by Gasteiger charge is 2.67. The third-order valence-corrected chi connectivity index (χ3v) is 12.9. The van der Waals surface area contributed by atoms with Crippen molar-refractivity contribution >= 4 is 5.78 Å². The maximum atomic E-state index is 12.9. The Balaban J connectivity index is 1.59. The minimum atomic E-state index is -0.171. The lowest BCUT2D eigenvalue weighted by molar-refractivity contribution is -0.173. The zero-order valence-corrected chi connectivity index (χ0v) is 21.9. The van der Waals surface area contributed by atoms with Crippen LogP contribution in [0.15, 0.2) is 11.6 Å². The molecule has 32 heavy (non-hydrogen) atoms. The van der Waals surface area contributed by atoms with Crippen molar-refractivity contribution < 1.29 is 9.90 Å². The third-order valence-electron chi connectivity index (χ3n) is 12.9. The van der Waals surface area contributed by atoms with Crippen molar-refractivity contribution in [3.8, 4) is 0 Å². The Labute approximate surface area is 197 Å². The number of carbonyl (C=O) groups is 1. The molecule has 2 nitrogen and oxygen atoms in total. The minimum Gasteiger partial charge on any atom is -0.396 e. The number of hydrogen-bond acceptors (Lipinski definition) is 2. The SMILES string of the molecule is C[C@H]1[C@H](C)CC[C@]2(CO)CC=C3[C@]4(C)CC[C@@H]5C(C)(C)C(=O)CC[C@]5(C)[C@H]4CC[C@@]3(C)[C@H]12. The molecular formula is C30H48O2. The van der Waals surface area contributed by atoms with Crippen LogP contribution in [0.3, 0.4) is 0 Å². The first-order chi connectivity index (χ1) is 14.9. The van der Waals surface area contributed by atoms with Gasteiger partial charge in [0.1, 0.15) is 5.78 Å². The topological polar surface area (TPSA) is 37.3 Å². The summed E-state index contributed by atoms with van der Waals surface area (Å²) in [6.07, 6.45) is 13.0. The van der Waals surface area contributed by atoms with E-state index in [1.165, 1.54) is 38.5 Å². The Hall–Kier alpha value is -0.630. The van der Waals surface area contributed by atoms with E-state index in [0.717, 1.165) is 25.2 Å². The minimum absolute atomic E-state index is 0.0910. The summed E-state index contributed by atoms with van der Waals surface area (Å²) in [6.45, 7) is 17.5. The molecule has 0 saturated heterocycles. The monoisotopic (exact) mass is 440 g/mol. The van der Waals surface area contributed by atoms with Crippen molar-refractivity contribution in [1.29, 1.82) is 0 Å². The second-order valence-corrected chi connectivity index (χ2v) is 14.4. The van der Waals surface area contributed by atoms with E-state index < -0.39 is 0 Å². The van der Waals surface area contributed by atoms with Gasteiger partial charge >= 0.3 is 0 Å². The summed E-state index contributed by atoms with van der Waals surface area (Å²) in [5, 5.41) is 10.7. The number of aliphatic hydroxyl groups is 1. The van der Waals surface area contributed by atoms with Gasteiger partial charge in [-0.25, -0.2) is 0 Å². The van der Waals surface area contributed by atoms with E-state index in [0.29, 0.717) is 36.1 Å². The van der Waals surface area contributed by atoms with Crippen LogP contribution in [-0.2, 0) is 4.79 Å². The molecule has 0 bridgehead atoms. The Morgan fingerprint density at radius 1 is 0.906 bits per heavy atom. The normalized spacial score (nSPS) is 54.6. The highest BCUT2D eigenvalue weighted by atomic mass is 16.3. The van der Waals surface area contributed by atoms with Gasteiger partial charge in [-0.1, -0.05) is 60.1 Å². The lowest BCUT2D eigenvalue weighted by Gasteiger charge is -2.70.